The molecule has 0 amide bonds. The summed E-state index contributed by atoms with van der Waals surface area (Å²) in [6, 6.07) is 11.0. The van der Waals surface area contributed by atoms with Crippen molar-refractivity contribution in [1.29, 1.82) is 0 Å². The van der Waals surface area contributed by atoms with Crippen LogP contribution in [0.5, 0.6) is 11.5 Å². The zero-order valence-electron chi connectivity index (χ0n) is 15.4. The van der Waals surface area contributed by atoms with Gasteiger partial charge in [0.25, 0.3) is 0 Å². The molecule has 0 aromatic heterocycles. The Labute approximate surface area is 156 Å². The molecule has 0 atom stereocenters. The summed E-state index contributed by atoms with van der Waals surface area (Å²) in [7, 11) is 5.16. The van der Waals surface area contributed by atoms with Crippen LogP contribution < -0.4 is 14.9 Å². The second-order valence-corrected chi connectivity index (χ2v) is 6.51. The maximum Gasteiger partial charge on any atom is 0.181 e. The molecule has 27 heavy (non-hydrogen) atoms. The Bertz CT molecular complexity index is 1220. The zero-order chi connectivity index (χ0) is 19.1. The van der Waals surface area contributed by atoms with Gasteiger partial charge in [0.15, 0.2) is 5.43 Å². The van der Waals surface area contributed by atoms with Crippen LogP contribution in [0.4, 0.5) is 0 Å². The van der Waals surface area contributed by atoms with Gasteiger partial charge in [-0.2, -0.15) is 0 Å². The van der Waals surface area contributed by atoms with Crippen molar-refractivity contribution < 1.29 is 14.3 Å². The van der Waals surface area contributed by atoms with Crippen molar-refractivity contribution in [3.63, 3.8) is 0 Å². The van der Waals surface area contributed by atoms with Crippen molar-refractivity contribution in [2.24, 2.45) is 7.05 Å². The first-order valence-corrected chi connectivity index (χ1v) is 8.62. The summed E-state index contributed by atoms with van der Waals surface area (Å²) in [5.74, 6) is 1.43. The molecule has 0 saturated heterocycles. The van der Waals surface area contributed by atoms with Crippen molar-refractivity contribution in [3.8, 4) is 22.8 Å². The van der Waals surface area contributed by atoms with Gasteiger partial charge >= 0.3 is 0 Å². The lowest BCUT2D eigenvalue weighted by molar-refractivity contribution is -0.107. The van der Waals surface area contributed by atoms with E-state index in [0.717, 1.165) is 44.7 Å². The molecule has 0 radical (unpaired) electrons. The Kier molecular flexibility index (Phi) is 4.07. The summed E-state index contributed by atoms with van der Waals surface area (Å²) in [5, 5.41) is 3.77. The first-order valence-electron chi connectivity index (χ1n) is 8.62. The lowest BCUT2D eigenvalue weighted by Crippen LogP contribution is -2.10. The van der Waals surface area contributed by atoms with Gasteiger partial charge in [-0.3, -0.25) is 4.79 Å². The lowest BCUT2D eigenvalue weighted by atomic mass is 9.90. The number of hydrogen-bond acceptors (Lipinski definition) is 4. The van der Waals surface area contributed by atoms with Gasteiger partial charge in [-0.15, -0.1) is 0 Å². The fraction of sp³-hybridized carbons (Fsp3) is 0.182. The van der Waals surface area contributed by atoms with Gasteiger partial charge in [0.1, 0.15) is 17.8 Å². The number of aryl methyl sites for hydroxylation is 1. The number of pyridine rings is 1. The molecule has 0 unspecified atom stereocenters. The third-order valence-electron chi connectivity index (χ3n) is 5.00. The standard InChI is InChI=1S/C22H19NO4/c1-23-12-14-10-19(27-3)22-16(5-4-6-18(22)26-2)20(14)21-13(7-8-24)9-15(25)11-17(21)23/h4-6,8-12H,7H2,1-3H3. The number of fused-ring (bicyclic) bond motifs is 5. The molecule has 5 heteroatoms. The molecule has 0 N–H and O–H groups in total. The van der Waals surface area contributed by atoms with Crippen LogP contribution in [0.15, 0.2) is 47.4 Å². The fourth-order valence-electron chi connectivity index (χ4n) is 3.90. The Morgan fingerprint density at radius 3 is 2.52 bits per heavy atom. The van der Waals surface area contributed by atoms with Crippen LogP contribution in [-0.2, 0) is 18.3 Å². The number of methoxy groups -OCH3 is 2. The average Bonchev–Trinajstić information content (AvgIpc) is 2.67. The SMILES string of the molecule is COc1cccc2c1c(OC)cc1cn(C)c3cc(=O)cc(CC=O)c-3c12. The first kappa shape index (κ1) is 17.1. The molecular formula is C22H19NO4. The van der Waals surface area contributed by atoms with Crippen molar-refractivity contribution in [2.45, 2.75) is 6.42 Å². The summed E-state index contributed by atoms with van der Waals surface area (Å²) < 4.78 is 13.1. The van der Waals surface area contributed by atoms with Crippen LogP contribution in [-0.4, -0.2) is 25.1 Å². The van der Waals surface area contributed by atoms with Gasteiger partial charge in [0.05, 0.1) is 25.3 Å². The Balaban J connectivity index is 2.33. The van der Waals surface area contributed by atoms with E-state index in [9.17, 15) is 9.59 Å². The summed E-state index contributed by atoms with van der Waals surface area (Å²) >= 11 is 0. The number of ether oxygens (including phenoxy) is 2. The predicted octanol–water partition coefficient (Wildman–Crippen LogP) is 3.56. The van der Waals surface area contributed by atoms with Gasteiger partial charge in [-0.1, -0.05) is 12.1 Å². The van der Waals surface area contributed by atoms with Crippen LogP contribution in [0, 0.1) is 0 Å². The molecule has 0 bridgehead atoms. The Hall–Kier alpha value is -3.34. The van der Waals surface area contributed by atoms with E-state index in [1.807, 2.05) is 42.1 Å². The highest BCUT2D eigenvalue weighted by molar-refractivity contribution is 6.18. The summed E-state index contributed by atoms with van der Waals surface area (Å²) in [6.07, 6.45) is 2.99. The monoisotopic (exact) mass is 361 g/mol. The van der Waals surface area contributed by atoms with Crippen molar-refractivity contribution in [1.82, 2.24) is 4.57 Å². The van der Waals surface area contributed by atoms with Gasteiger partial charge in [0, 0.05) is 42.1 Å². The number of carbonyl (C=O) groups is 1. The predicted molar refractivity (Wildman–Crippen MR) is 106 cm³/mol. The first-order chi connectivity index (χ1) is 13.1. The summed E-state index contributed by atoms with van der Waals surface area (Å²) in [6.45, 7) is 0. The minimum atomic E-state index is -0.107. The number of benzene rings is 3. The third-order valence-corrected chi connectivity index (χ3v) is 5.00. The number of carbonyl (C=O) groups excluding carboxylic acids is 1. The molecule has 1 heterocycles. The number of hydrogen-bond donors (Lipinski definition) is 0. The van der Waals surface area contributed by atoms with E-state index in [0.29, 0.717) is 11.5 Å². The smallest absolute Gasteiger partial charge is 0.181 e. The molecule has 2 aromatic rings. The second kappa shape index (κ2) is 6.43. The van der Waals surface area contributed by atoms with E-state index in [1.165, 1.54) is 0 Å². The number of aldehydes is 1. The van der Waals surface area contributed by atoms with Crippen molar-refractivity contribution in [2.75, 3.05) is 14.2 Å². The largest absolute Gasteiger partial charge is 0.496 e. The Morgan fingerprint density at radius 2 is 1.81 bits per heavy atom. The van der Waals surface area contributed by atoms with Crippen LogP contribution >= 0.6 is 0 Å². The van der Waals surface area contributed by atoms with Crippen LogP contribution in [0.3, 0.4) is 0 Å². The summed E-state index contributed by atoms with van der Waals surface area (Å²) in [5.41, 5.74) is 2.32. The number of nitrogens with zero attached hydrogens (tertiary/aromatic N) is 1. The van der Waals surface area contributed by atoms with Gasteiger partial charge in [-0.05, 0) is 29.1 Å². The molecule has 2 aromatic carbocycles. The topological polar surface area (TPSA) is 57.5 Å². The van der Waals surface area contributed by atoms with Crippen molar-refractivity contribution in [3.05, 3.63) is 58.4 Å². The molecule has 2 aliphatic rings. The molecule has 1 aliphatic carbocycles. The van der Waals surface area contributed by atoms with E-state index in [-0.39, 0.29) is 11.8 Å². The lowest BCUT2D eigenvalue weighted by Gasteiger charge is -2.21. The fourth-order valence-corrected chi connectivity index (χ4v) is 3.90. The number of rotatable bonds is 4. The highest BCUT2D eigenvalue weighted by atomic mass is 16.5. The minimum Gasteiger partial charge on any atom is -0.496 e. The second-order valence-electron chi connectivity index (χ2n) is 6.51. The van der Waals surface area contributed by atoms with Gasteiger partial charge < -0.3 is 18.8 Å². The van der Waals surface area contributed by atoms with Crippen molar-refractivity contribution >= 4 is 27.8 Å². The quantitative estimate of drug-likeness (QED) is 0.412. The molecule has 5 nitrogen and oxygen atoms in total. The van der Waals surface area contributed by atoms with Gasteiger partial charge in [0.2, 0.25) is 0 Å². The maximum absolute atomic E-state index is 12.2. The molecule has 1 aliphatic heterocycles. The van der Waals surface area contributed by atoms with E-state index < -0.39 is 0 Å². The molecule has 0 fully saturated rings. The third kappa shape index (κ3) is 2.54. The van der Waals surface area contributed by atoms with Gasteiger partial charge in [-0.25, -0.2) is 0 Å². The highest BCUT2D eigenvalue weighted by Gasteiger charge is 2.20. The van der Waals surface area contributed by atoms with Crippen LogP contribution in [0.1, 0.15) is 5.56 Å². The van der Waals surface area contributed by atoms with E-state index >= 15 is 0 Å². The summed E-state index contributed by atoms with van der Waals surface area (Å²) in [4.78, 5) is 23.4. The molecule has 136 valence electrons. The molecular weight excluding hydrogens is 342 g/mol. The highest BCUT2D eigenvalue weighted by Crippen LogP contribution is 2.43. The minimum absolute atomic E-state index is 0.107. The Morgan fingerprint density at radius 1 is 1.04 bits per heavy atom. The molecule has 4 rings (SSSR count). The molecule has 0 saturated carbocycles. The zero-order valence-corrected chi connectivity index (χ0v) is 15.4. The normalized spacial score (nSPS) is 11.2. The van der Waals surface area contributed by atoms with E-state index in [4.69, 9.17) is 9.47 Å². The van der Waals surface area contributed by atoms with E-state index in [2.05, 4.69) is 0 Å². The van der Waals surface area contributed by atoms with Crippen LogP contribution in [0.25, 0.3) is 32.8 Å². The molecule has 0 spiro atoms. The van der Waals surface area contributed by atoms with Crippen LogP contribution in [0.2, 0.25) is 0 Å². The maximum atomic E-state index is 12.2. The number of aromatic nitrogens is 1. The average molecular weight is 361 g/mol. The van der Waals surface area contributed by atoms with E-state index in [1.54, 1.807) is 26.4 Å².